The molecule has 6 nitrogen and oxygen atoms in total. The Labute approximate surface area is 737 Å². The normalized spacial score (nSPS) is 15.2. The van der Waals surface area contributed by atoms with Crippen LogP contribution in [-0.4, -0.2) is 39.6 Å². The molecule has 6 heteroatoms. The third-order valence-corrected chi connectivity index (χ3v) is 26.6. The van der Waals surface area contributed by atoms with E-state index in [9.17, 15) is 0 Å². The van der Waals surface area contributed by atoms with E-state index in [0.29, 0.717) is 39.6 Å². The van der Waals surface area contributed by atoms with Gasteiger partial charge in [0.15, 0.2) is 0 Å². The van der Waals surface area contributed by atoms with Gasteiger partial charge < -0.3 is 28.4 Å². The summed E-state index contributed by atoms with van der Waals surface area (Å²) >= 11 is 0. The van der Waals surface area contributed by atoms with E-state index < -0.39 is 0 Å². The second kappa shape index (κ2) is 35.0. The molecule has 1 aliphatic carbocycles. The van der Waals surface area contributed by atoms with Gasteiger partial charge in [0.05, 0.1) is 57.4 Å². The van der Waals surface area contributed by atoms with Gasteiger partial charge in [-0.1, -0.05) is 371 Å². The highest BCUT2D eigenvalue weighted by Gasteiger charge is 2.30. The van der Waals surface area contributed by atoms with Crippen molar-refractivity contribution in [3.63, 3.8) is 0 Å². The van der Waals surface area contributed by atoms with Gasteiger partial charge in [0, 0.05) is 33.4 Å². The summed E-state index contributed by atoms with van der Waals surface area (Å²) in [4.78, 5) is 0. The molecule has 3 aliphatic heterocycles. The number of fused-ring (bicyclic) bond motifs is 21. The van der Waals surface area contributed by atoms with Crippen LogP contribution in [0.5, 0.6) is 34.5 Å². The van der Waals surface area contributed by atoms with E-state index in [1.807, 2.05) is 0 Å². The highest BCUT2D eigenvalue weighted by Crippen LogP contribution is 2.52. The first-order valence-electron chi connectivity index (χ1n) is 44.7. The molecule has 0 spiro atoms. The topological polar surface area (TPSA) is 55.4 Å². The maximum absolute atomic E-state index is 6.75. The van der Waals surface area contributed by atoms with Gasteiger partial charge in [0.25, 0.3) is 0 Å². The molecule has 0 N–H and O–H groups in total. The van der Waals surface area contributed by atoms with Crippen molar-refractivity contribution in [1.29, 1.82) is 0 Å². The van der Waals surface area contributed by atoms with Crippen molar-refractivity contribution in [3.05, 3.63) is 422 Å². The van der Waals surface area contributed by atoms with Crippen LogP contribution in [0.15, 0.2) is 388 Å². The third kappa shape index (κ3) is 16.1. The largest absolute Gasteiger partial charge is 0.492 e. The summed E-state index contributed by atoms with van der Waals surface area (Å²) < 4.78 is 40.2. The average Bonchev–Trinajstić information content (AvgIpc) is 1.09. The smallest absolute Gasteiger partial charge is 0.127 e. The van der Waals surface area contributed by atoms with E-state index in [2.05, 4.69) is 409 Å². The van der Waals surface area contributed by atoms with Crippen molar-refractivity contribution < 1.29 is 28.4 Å². The van der Waals surface area contributed by atoms with Crippen molar-refractivity contribution >= 4 is 64.6 Å². The molecular formula is C120H98O6. The Morgan fingerprint density at radius 1 is 0.183 bits per heavy atom. The zero-order chi connectivity index (χ0) is 84.4. The van der Waals surface area contributed by atoms with Crippen molar-refractivity contribution in [2.75, 3.05) is 39.6 Å². The van der Waals surface area contributed by atoms with E-state index in [0.717, 1.165) is 90.5 Å². The summed E-state index contributed by atoms with van der Waals surface area (Å²) in [7, 11) is 0. The quantitative estimate of drug-likeness (QED) is 0.151. The van der Waals surface area contributed by atoms with Crippen LogP contribution in [0.1, 0.15) is 89.7 Å². The monoisotopic (exact) mass is 1630 g/mol. The second-order valence-corrected chi connectivity index (χ2v) is 34.7. The van der Waals surface area contributed by atoms with E-state index in [-0.39, 0.29) is 17.8 Å². The first kappa shape index (κ1) is 78.8. The van der Waals surface area contributed by atoms with E-state index in [4.69, 9.17) is 28.4 Å². The Morgan fingerprint density at radius 3 is 0.706 bits per heavy atom. The Hall–Kier alpha value is -14.5. The fraction of sp³-hybridized carbons (Fsp3) is 0.150. The van der Waals surface area contributed by atoms with Crippen LogP contribution in [0.4, 0.5) is 0 Å². The predicted octanol–water partition coefficient (Wildman–Crippen LogP) is 31.2. The molecule has 0 atom stereocenters. The number of hydrogen-bond acceptors (Lipinski definition) is 6. The molecule has 0 aromatic heterocycles. The minimum absolute atomic E-state index is 0.0943. The first-order valence-corrected chi connectivity index (χ1v) is 44.7. The lowest BCUT2D eigenvalue weighted by Crippen LogP contribution is -2.17. The van der Waals surface area contributed by atoms with Gasteiger partial charge in [0.2, 0.25) is 0 Å². The zero-order valence-corrected chi connectivity index (χ0v) is 71.4. The maximum Gasteiger partial charge on any atom is 0.127 e. The van der Waals surface area contributed by atoms with Gasteiger partial charge in [-0.15, -0.1) is 0 Å². The molecule has 19 aromatic carbocycles. The predicted molar refractivity (Wildman–Crippen MR) is 523 cm³/mol. The fourth-order valence-corrected chi connectivity index (χ4v) is 19.4. The van der Waals surface area contributed by atoms with Crippen molar-refractivity contribution in [2.24, 2.45) is 5.92 Å². The third-order valence-electron chi connectivity index (χ3n) is 26.6. The Balaban J connectivity index is 0.000000116. The van der Waals surface area contributed by atoms with Gasteiger partial charge in [0.1, 0.15) is 34.5 Å². The van der Waals surface area contributed by atoms with Crippen LogP contribution in [0, 0.1) is 19.8 Å². The average molecular weight is 1640 g/mol. The first-order chi connectivity index (χ1) is 62.2. The molecule has 0 saturated heterocycles. The molecule has 19 aromatic rings. The SMILES string of the molecule is CC1CCC(c2ccc(-c3ccc(C4COc5ccc6ccccc6c5-c5c(ccc6ccccc56)OC4)cc3)cc2)CC1.Cc1ccc(-c2ccc(C3COc4ccc5ccccc5c4-c4c(ccc5ccccc45)OC3)cc2)cc1.Cc1ccc(C2COc3ccc4cc(-c5ccccc5)ccc4c3-c3c(ccc4cc(-c5ccccc5)ccc34)OC2)cc1. The number of benzene rings is 19. The fourth-order valence-electron chi connectivity index (χ4n) is 19.4. The Bertz CT molecular complexity index is 6870. The maximum atomic E-state index is 6.75. The van der Waals surface area contributed by atoms with E-state index in [1.54, 1.807) is 0 Å². The summed E-state index contributed by atoms with van der Waals surface area (Å²) in [5, 5.41) is 14.1. The molecule has 0 amide bonds. The van der Waals surface area contributed by atoms with E-state index in [1.165, 1.54) is 157 Å². The van der Waals surface area contributed by atoms with Gasteiger partial charge in [-0.3, -0.25) is 0 Å². The van der Waals surface area contributed by atoms with Crippen LogP contribution < -0.4 is 28.4 Å². The molecular weight excluding hydrogens is 1540 g/mol. The van der Waals surface area contributed by atoms with Crippen LogP contribution >= 0.6 is 0 Å². The van der Waals surface area contributed by atoms with Crippen LogP contribution in [-0.2, 0) is 0 Å². The number of aryl methyl sites for hydroxylation is 2. The highest BCUT2D eigenvalue weighted by molar-refractivity contribution is 6.13. The number of rotatable bonds is 8. The molecule has 614 valence electrons. The molecule has 3 heterocycles. The van der Waals surface area contributed by atoms with Gasteiger partial charge in [-0.2, -0.15) is 0 Å². The van der Waals surface area contributed by atoms with Crippen molar-refractivity contribution in [2.45, 2.75) is 70.1 Å². The van der Waals surface area contributed by atoms with Gasteiger partial charge in [-0.05, 0) is 218 Å². The van der Waals surface area contributed by atoms with E-state index >= 15 is 0 Å². The second-order valence-electron chi connectivity index (χ2n) is 34.7. The molecule has 0 unspecified atom stereocenters. The number of hydrogen-bond donors (Lipinski definition) is 0. The summed E-state index contributed by atoms with van der Waals surface area (Å²) in [6, 6.07) is 139. The molecule has 1 saturated carbocycles. The van der Waals surface area contributed by atoms with Gasteiger partial charge >= 0.3 is 0 Å². The molecule has 1 fully saturated rings. The van der Waals surface area contributed by atoms with Crippen molar-refractivity contribution in [3.8, 4) is 112 Å². The summed E-state index contributed by atoms with van der Waals surface area (Å²) in [6.45, 7) is 9.88. The van der Waals surface area contributed by atoms with Gasteiger partial charge in [-0.25, -0.2) is 0 Å². The summed E-state index contributed by atoms with van der Waals surface area (Å²) in [5.74, 6) is 7.26. The lowest BCUT2D eigenvalue weighted by atomic mass is 9.79. The molecule has 4 aliphatic rings. The molecule has 126 heavy (non-hydrogen) atoms. The lowest BCUT2D eigenvalue weighted by Gasteiger charge is -2.26. The Kier molecular flexibility index (Phi) is 21.9. The van der Waals surface area contributed by atoms with Crippen molar-refractivity contribution in [1.82, 2.24) is 0 Å². The Morgan fingerprint density at radius 2 is 0.405 bits per heavy atom. The van der Waals surface area contributed by atoms with Crippen LogP contribution in [0.2, 0.25) is 0 Å². The molecule has 0 bridgehead atoms. The zero-order valence-electron chi connectivity index (χ0n) is 71.4. The van der Waals surface area contributed by atoms with Crippen LogP contribution in [0.3, 0.4) is 0 Å². The lowest BCUT2D eigenvalue weighted by molar-refractivity contribution is 0.223. The minimum Gasteiger partial charge on any atom is -0.492 e. The minimum atomic E-state index is 0.0943. The number of ether oxygens (including phenoxy) is 6. The van der Waals surface area contributed by atoms with Crippen LogP contribution in [0.25, 0.3) is 143 Å². The standard InChI is InChI=1S/C42H38O2.C42H32O2.C36H28O2/c1-28-10-12-29(13-11-28)30-14-16-31(17-15-30)32-18-20-33(21-19-32)36-26-43-39-24-22-34-6-2-4-8-37(34)41(39)42-38-9-5-3-7-35(38)23-25-40(42)44-27-36;1-28-12-14-31(15-13-28)36-26-43-39-22-18-34-24-32(29-8-4-2-5-9-29)16-20-37(34)41(39)42-38-21-17-33(30-10-6-3-7-11-30)25-35(38)19-23-40(42)44-27-36;1-24-10-12-25(13-11-24)26-14-16-27(17-15-26)30-22-37-33-20-18-28-6-2-4-8-31(28)35(33)36-32-9-5-3-7-29(32)19-21-34(36)38-23-30/h2-9,14-25,28-29,36H,10-13,26-27H2,1H3;2-25,36H,26-27H2,1H3;2-21,30H,22-23H2,1H3. The highest BCUT2D eigenvalue weighted by atomic mass is 16.5. The molecule has 23 rings (SSSR count). The molecule has 0 radical (unpaired) electrons. The summed E-state index contributed by atoms with van der Waals surface area (Å²) in [6.07, 6.45) is 5.35. The summed E-state index contributed by atoms with van der Waals surface area (Å²) in [5.41, 5.74) is 24.0.